The van der Waals surface area contributed by atoms with Crippen LogP contribution < -0.4 is 9.64 Å². The van der Waals surface area contributed by atoms with Crippen LogP contribution in [0, 0.1) is 0 Å². The second-order valence-electron chi connectivity index (χ2n) is 5.14. The number of rotatable bonds is 4. The van der Waals surface area contributed by atoms with E-state index in [2.05, 4.69) is 14.6 Å². The molecule has 3 heterocycles. The van der Waals surface area contributed by atoms with Crippen LogP contribution in [0.2, 0.25) is 0 Å². The Kier molecular flexibility index (Phi) is 4.50. The molecule has 0 bridgehead atoms. The summed E-state index contributed by atoms with van der Waals surface area (Å²) in [5.74, 6) is 0.806. The lowest BCUT2D eigenvalue weighted by Crippen LogP contribution is -2.47. The van der Waals surface area contributed by atoms with E-state index in [-0.39, 0.29) is 18.0 Å². The lowest BCUT2D eigenvalue weighted by atomic mass is 10.1. The summed E-state index contributed by atoms with van der Waals surface area (Å²) in [7, 11) is 0. The Balaban J connectivity index is 1.62. The third-order valence-corrected chi connectivity index (χ3v) is 3.74. The maximum absolute atomic E-state index is 12.1. The van der Waals surface area contributed by atoms with Crippen LogP contribution in [0.3, 0.4) is 0 Å². The van der Waals surface area contributed by atoms with Crippen LogP contribution in [-0.2, 0) is 9.47 Å². The van der Waals surface area contributed by atoms with Gasteiger partial charge in [-0.15, -0.1) is 0 Å². The van der Waals surface area contributed by atoms with E-state index in [1.165, 1.54) is 12.3 Å². The van der Waals surface area contributed by atoms with Gasteiger partial charge in [-0.05, 0) is 25.0 Å². The summed E-state index contributed by atoms with van der Waals surface area (Å²) in [4.78, 5) is 6.27. The number of ether oxygens (including phenoxy) is 3. The summed E-state index contributed by atoms with van der Waals surface area (Å²) < 4.78 is 40.0. The number of pyridine rings is 1. The molecule has 0 N–H and O–H groups in total. The minimum Gasteiger partial charge on any atom is -0.433 e. The predicted molar refractivity (Wildman–Crippen MR) is 71.8 cm³/mol. The normalized spacial score (nSPS) is 26.3. The van der Waals surface area contributed by atoms with E-state index >= 15 is 0 Å². The third-order valence-electron chi connectivity index (χ3n) is 3.74. The molecule has 0 spiro atoms. The molecule has 2 aliphatic heterocycles. The molecule has 1 aromatic heterocycles. The van der Waals surface area contributed by atoms with Gasteiger partial charge in [-0.2, -0.15) is 8.78 Å². The first-order valence-corrected chi connectivity index (χ1v) is 7.11. The number of halogens is 2. The number of aromatic nitrogens is 1. The maximum atomic E-state index is 12.1. The molecular weight excluding hydrogens is 282 g/mol. The highest BCUT2D eigenvalue weighted by Crippen LogP contribution is 2.24. The van der Waals surface area contributed by atoms with Crippen LogP contribution in [0.5, 0.6) is 5.75 Å². The summed E-state index contributed by atoms with van der Waals surface area (Å²) in [5.41, 5.74) is 0. The molecule has 7 heteroatoms. The minimum absolute atomic E-state index is 0.0417. The van der Waals surface area contributed by atoms with Gasteiger partial charge >= 0.3 is 6.61 Å². The van der Waals surface area contributed by atoms with E-state index in [1.54, 1.807) is 6.07 Å². The van der Waals surface area contributed by atoms with Gasteiger partial charge in [0.2, 0.25) is 0 Å². The van der Waals surface area contributed by atoms with E-state index in [9.17, 15) is 8.78 Å². The lowest BCUT2D eigenvalue weighted by Gasteiger charge is -2.36. The molecule has 2 aliphatic rings. The summed E-state index contributed by atoms with van der Waals surface area (Å²) >= 11 is 0. The number of anilines is 1. The van der Waals surface area contributed by atoms with Gasteiger partial charge in [-0.3, -0.25) is 0 Å². The molecule has 0 aliphatic carbocycles. The average Bonchev–Trinajstić information content (AvgIpc) is 3.02. The highest BCUT2D eigenvalue weighted by Gasteiger charge is 2.31. The van der Waals surface area contributed by atoms with Gasteiger partial charge in [-0.1, -0.05) is 0 Å². The number of hydrogen-bond donors (Lipinski definition) is 0. The second kappa shape index (κ2) is 6.53. The standard InChI is InChI=1S/C14H18F2N2O3/c15-14(16)21-10-3-4-13(17-8-10)18-5-7-20-12(9-18)11-2-1-6-19-11/h3-4,8,11-12,14H,1-2,5-7,9H2. The van der Waals surface area contributed by atoms with Gasteiger partial charge in [0, 0.05) is 19.7 Å². The molecule has 0 radical (unpaired) electrons. The van der Waals surface area contributed by atoms with Crippen LogP contribution in [0.25, 0.3) is 0 Å². The first-order chi connectivity index (χ1) is 10.2. The molecule has 5 nitrogen and oxygen atoms in total. The van der Waals surface area contributed by atoms with Crippen molar-refractivity contribution < 1.29 is 23.0 Å². The van der Waals surface area contributed by atoms with Crippen LogP contribution in [0.15, 0.2) is 18.3 Å². The van der Waals surface area contributed by atoms with Gasteiger partial charge in [0.15, 0.2) is 0 Å². The van der Waals surface area contributed by atoms with E-state index in [1.807, 2.05) is 0 Å². The molecule has 0 saturated carbocycles. The van der Waals surface area contributed by atoms with Crippen LogP contribution in [0.1, 0.15) is 12.8 Å². The van der Waals surface area contributed by atoms with Gasteiger partial charge in [0.25, 0.3) is 0 Å². The Hall–Kier alpha value is -1.47. The number of morpholine rings is 1. The SMILES string of the molecule is FC(F)Oc1ccc(N2CCOC(C3CCCO3)C2)nc1. The van der Waals surface area contributed by atoms with E-state index in [0.717, 1.165) is 31.8 Å². The Morgan fingerprint density at radius 2 is 2.10 bits per heavy atom. The summed E-state index contributed by atoms with van der Waals surface area (Å²) in [6, 6.07) is 3.20. The van der Waals surface area contributed by atoms with Crippen LogP contribution in [0.4, 0.5) is 14.6 Å². The summed E-state index contributed by atoms with van der Waals surface area (Å²) in [6.45, 7) is 0.00647. The average molecular weight is 300 g/mol. The van der Waals surface area contributed by atoms with Crippen molar-refractivity contribution in [2.75, 3.05) is 31.2 Å². The molecule has 0 aromatic carbocycles. The highest BCUT2D eigenvalue weighted by atomic mass is 19.3. The molecule has 21 heavy (non-hydrogen) atoms. The zero-order chi connectivity index (χ0) is 14.7. The predicted octanol–water partition coefficient (Wildman–Crippen LogP) is 2.07. The molecular formula is C14H18F2N2O3. The monoisotopic (exact) mass is 300 g/mol. The molecule has 3 rings (SSSR count). The molecule has 2 unspecified atom stereocenters. The number of hydrogen-bond acceptors (Lipinski definition) is 5. The molecule has 0 amide bonds. The second-order valence-corrected chi connectivity index (χ2v) is 5.14. The third kappa shape index (κ3) is 3.59. The fourth-order valence-electron chi connectivity index (χ4n) is 2.74. The van der Waals surface area contributed by atoms with Crippen molar-refractivity contribution in [1.29, 1.82) is 0 Å². The Bertz CT molecular complexity index is 452. The number of alkyl halides is 2. The summed E-state index contributed by atoms with van der Waals surface area (Å²) in [5, 5.41) is 0. The molecule has 116 valence electrons. The van der Waals surface area contributed by atoms with Crippen LogP contribution in [-0.4, -0.2) is 50.1 Å². The first kappa shape index (κ1) is 14.5. The Morgan fingerprint density at radius 1 is 1.24 bits per heavy atom. The zero-order valence-electron chi connectivity index (χ0n) is 11.6. The van der Waals surface area contributed by atoms with Crippen molar-refractivity contribution in [3.8, 4) is 5.75 Å². The topological polar surface area (TPSA) is 43.8 Å². The van der Waals surface area contributed by atoms with Gasteiger partial charge in [0.1, 0.15) is 17.7 Å². The van der Waals surface area contributed by atoms with Gasteiger partial charge in [-0.25, -0.2) is 4.98 Å². The van der Waals surface area contributed by atoms with E-state index in [4.69, 9.17) is 9.47 Å². The van der Waals surface area contributed by atoms with Gasteiger partial charge in [0.05, 0.1) is 18.9 Å². The highest BCUT2D eigenvalue weighted by molar-refractivity contribution is 5.41. The molecule has 2 saturated heterocycles. The number of nitrogens with zero attached hydrogens (tertiary/aromatic N) is 2. The minimum atomic E-state index is -2.83. The van der Waals surface area contributed by atoms with Crippen molar-refractivity contribution in [2.45, 2.75) is 31.7 Å². The van der Waals surface area contributed by atoms with Crippen molar-refractivity contribution in [1.82, 2.24) is 4.98 Å². The maximum Gasteiger partial charge on any atom is 0.387 e. The Labute approximate surface area is 121 Å². The molecule has 2 fully saturated rings. The largest absolute Gasteiger partial charge is 0.433 e. The fourth-order valence-corrected chi connectivity index (χ4v) is 2.74. The quantitative estimate of drug-likeness (QED) is 0.851. The van der Waals surface area contributed by atoms with Crippen molar-refractivity contribution >= 4 is 5.82 Å². The Morgan fingerprint density at radius 3 is 2.76 bits per heavy atom. The first-order valence-electron chi connectivity index (χ1n) is 7.11. The van der Waals surface area contributed by atoms with Crippen molar-refractivity contribution in [3.63, 3.8) is 0 Å². The molecule has 2 atom stereocenters. The van der Waals surface area contributed by atoms with Crippen molar-refractivity contribution in [2.24, 2.45) is 0 Å². The van der Waals surface area contributed by atoms with Crippen LogP contribution >= 0.6 is 0 Å². The zero-order valence-corrected chi connectivity index (χ0v) is 11.6. The smallest absolute Gasteiger partial charge is 0.387 e. The molecule has 1 aromatic rings. The lowest BCUT2D eigenvalue weighted by molar-refractivity contribution is -0.0545. The van der Waals surface area contributed by atoms with E-state index in [0.29, 0.717) is 13.2 Å². The van der Waals surface area contributed by atoms with Gasteiger partial charge < -0.3 is 19.1 Å². The van der Waals surface area contributed by atoms with Crippen molar-refractivity contribution in [3.05, 3.63) is 18.3 Å². The fraction of sp³-hybridized carbons (Fsp3) is 0.643. The summed E-state index contributed by atoms with van der Waals surface area (Å²) in [6.07, 6.45) is 3.60. The van der Waals surface area contributed by atoms with E-state index < -0.39 is 6.61 Å².